The smallest absolute Gasteiger partial charge is 0.185 e. The zero-order chi connectivity index (χ0) is 12.4. The van der Waals surface area contributed by atoms with Gasteiger partial charge < -0.3 is 15.5 Å². The minimum absolute atomic E-state index is 0.580. The van der Waals surface area contributed by atoms with Crippen molar-refractivity contribution in [2.45, 2.75) is 6.54 Å². The van der Waals surface area contributed by atoms with Crippen LogP contribution in [0.1, 0.15) is 4.88 Å². The van der Waals surface area contributed by atoms with Crippen LogP contribution in [-0.2, 0) is 6.54 Å². The number of thiazole rings is 2. The molecule has 18 heavy (non-hydrogen) atoms. The van der Waals surface area contributed by atoms with E-state index >= 15 is 0 Å². The Morgan fingerprint density at radius 2 is 1.83 bits per heavy atom. The molecule has 2 aromatic heterocycles. The highest BCUT2D eigenvalue weighted by molar-refractivity contribution is 7.15. The predicted molar refractivity (Wildman–Crippen MR) is 76.5 cm³/mol. The number of piperazine rings is 1. The highest BCUT2D eigenvalue weighted by atomic mass is 32.1. The molecule has 1 saturated heterocycles. The van der Waals surface area contributed by atoms with Gasteiger partial charge in [-0.3, -0.25) is 0 Å². The lowest BCUT2D eigenvalue weighted by Crippen LogP contribution is -2.46. The van der Waals surface area contributed by atoms with E-state index in [1.165, 1.54) is 0 Å². The first kappa shape index (κ1) is 11.9. The Morgan fingerprint density at radius 3 is 2.39 bits per heavy atom. The van der Waals surface area contributed by atoms with Crippen LogP contribution in [0.4, 0.5) is 10.3 Å². The number of nitrogens with zero attached hydrogens (tertiary/aromatic N) is 4. The fourth-order valence-corrected chi connectivity index (χ4v) is 3.54. The molecule has 1 fully saturated rings. The normalized spacial score (nSPS) is 16.3. The van der Waals surface area contributed by atoms with E-state index in [1.54, 1.807) is 22.7 Å². The van der Waals surface area contributed by atoms with Gasteiger partial charge in [-0.2, -0.15) is 0 Å². The molecule has 7 heteroatoms. The highest BCUT2D eigenvalue weighted by Gasteiger charge is 2.20. The van der Waals surface area contributed by atoms with E-state index in [2.05, 4.69) is 19.8 Å². The summed E-state index contributed by atoms with van der Waals surface area (Å²) < 4.78 is 0. The second-order valence-electron chi connectivity index (χ2n) is 4.10. The Labute approximate surface area is 114 Å². The third-order valence-electron chi connectivity index (χ3n) is 2.98. The summed E-state index contributed by atoms with van der Waals surface area (Å²) in [5, 5.41) is 4.24. The Morgan fingerprint density at radius 1 is 1.11 bits per heavy atom. The molecule has 2 N–H and O–H groups in total. The number of rotatable bonds is 3. The van der Waals surface area contributed by atoms with Crippen molar-refractivity contribution in [1.29, 1.82) is 0 Å². The molecule has 0 saturated carbocycles. The van der Waals surface area contributed by atoms with Crippen LogP contribution in [0.15, 0.2) is 17.8 Å². The van der Waals surface area contributed by atoms with Crippen molar-refractivity contribution in [3.05, 3.63) is 22.7 Å². The topological polar surface area (TPSA) is 58.3 Å². The minimum atomic E-state index is 0.580. The van der Waals surface area contributed by atoms with Crippen molar-refractivity contribution in [2.75, 3.05) is 36.0 Å². The Kier molecular flexibility index (Phi) is 3.44. The summed E-state index contributed by atoms with van der Waals surface area (Å²) >= 11 is 3.40. The SMILES string of the molecule is NCc1cnc(N2CCN(c3nccs3)CC2)s1. The molecule has 3 rings (SSSR count). The van der Waals surface area contributed by atoms with Gasteiger partial charge in [0, 0.05) is 55.4 Å². The zero-order valence-electron chi connectivity index (χ0n) is 9.95. The molecule has 0 aliphatic carbocycles. The Hall–Kier alpha value is -1.18. The van der Waals surface area contributed by atoms with Crippen molar-refractivity contribution in [3.63, 3.8) is 0 Å². The molecule has 96 valence electrons. The van der Waals surface area contributed by atoms with Gasteiger partial charge in [0.25, 0.3) is 0 Å². The number of hydrogen-bond donors (Lipinski definition) is 1. The predicted octanol–water partition coefficient (Wildman–Crippen LogP) is 1.38. The van der Waals surface area contributed by atoms with Gasteiger partial charge in [-0.25, -0.2) is 9.97 Å². The highest BCUT2D eigenvalue weighted by Crippen LogP contribution is 2.25. The number of anilines is 2. The molecule has 0 spiro atoms. The fraction of sp³-hybridized carbons (Fsp3) is 0.455. The lowest BCUT2D eigenvalue weighted by atomic mass is 10.3. The second kappa shape index (κ2) is 5.21. The van der Waals surface area contributed by atoms with Crippen molar-refractivity contribution in [1.82, 2.24) is 9.97 Å². The van der Waals surface area contributed by atoms with E-state index in [9.17, 15) is 0 Å². The number of aromatic nitrogens is 2. The Balaban J connectivity index is 1.63. The van der Waals surface area contributed by atoms with E-state index < -0.39 is 0 Å². The third-order valence-corrected chi connectivity index (χ3v) is 4.90. The molecule has 0 amide bonds. The van der Waals surface area contributed by atoms with Crippen LogP contribution in [0.3, 0.4) is 0 Å². The molecule has 0 unspecified atom stereocenters. The molecular weight excluding hydrogens is 266 g/mol. The standard InChI is InChI=1S/C11H15N5S2/c12-7-9-8-14-11(18-9)16-4-2-15(3-5-16)10-13-1-6-17-10/h1,6,8H,2-5,7,12H2. The summed E-state index contributed by atoms with van der Waals surface area (Å²) in [6.45, 7) is 4.58. The van der Waals surface area contributed by atoms with E-state index in [4.69, 9.17) is 5.73 Å². The van der Waals surface area contributed by atoms with Crippen LogP contribution in [0, 0.1) is 0 Å². The van der Waals surface area contributed by atoms with Gasteiger partial charge in [-0.15, -0.1) is 22.7 Å². The summed E-state index contributed by atoms with van der Waals surface area (Å²) in [7, 11) is 0. The first-order valence-electron chi connectivity index (χ1n) is 5.91. The summed E-state index contributed by atoms with van der Waals surface area (Å²) in [6.07, 6.45) is 3.74. The number of hydrogen-bond acceptors (Lipinski definition) is 7. The van der Waals surface area contributed by atoms with E-state index in [1.807, 2.05) is 17.8 Å². The van der Waals surface area contributed by atoms with Crippen molar-refractivity contribution in [2.24, 2.45) is 5.73 Å². The monoisotopic (exact) mass is 281 g/mol. The van der Waals surface area contributed by atoms with Gasteiger partial charge in [-0.05, 0) is 0 Å². The molecule has 0 radical (unpaired) electrons. The van der Waals surface area contributed by atoms with Gasteiger partial charge in [-0.1, -0.05) is 0 Å². The Bertz CT molecular complexity index is 487. The van der Waals surface area contributed by atoms with Crippen LogP contribution in [0.5, 0.6) is 0 Å². The van der Waals surface area contributed by atoms with Gasteiger partial charge in [0.2, 0.25) is 0 Å². The zero-order valence-corrected chi connectivity index (χ0v) is 11.6. The van der Waals surface area contributed by atoms with Gasteiger partial charge in [0.15, 0.2) is 10.3 Å². The lowest BCUT2D eigenvalue weighted by molar-refractivity contribution is 0.650. The average Bonchev–Trinajstić information content (AvgIpc) is 3.10. The molecule has 0 atom stereocenters. The minimum Gasteiger partial charge on any atom is -0.345 e. The van der Waals surface area contributed by atoms with Crippen molar-refractivity contribution < 1.29 is 0 Å². The summed E-state index contributed by atoms with van der Waals surface area (Å²) in [4.78, 5) is 14.6. The summed E-state index contributed by atoms with van der Waals surface area (Å²) in [5.74, 6) is 0. The molecule has 0 aromatic carbocycles. The van der Waals surface area contributed by atoms with Crippen molar-refractivity contribution in [3.8, 4) is 0 Å². The summed E-state index contributed by atoms with van der Waals surface area (Å²) in [5.41, 5.74) is 5.62. The van der Waals surface area contributed by atoms with Crippen LogP contribution in [0.2, 0.25) is 0 Å². The maximum Gasteiger partial charge on any atom is 0.185 e. The lowest BCUT2D eigenvalue weighted by Gasteiger charge is -2.34. The first-order valence-corrected chi connectivity index (χ1v) is 7.60. The third kappa shape index (κ3) is 2.33. The first-order chi connectivity index (χ1) is 8.86. The van der Waals surface area contributed by atoms with E-state index in [0.29, 0.717) is 6.54 Å². The van der Waals surface area contributed by atoms with E-state index in [-0.39, 0.29) is 0 Å². The molecule has 1 aliphatic heterocycles. The van der Waals surface area contributed by atoms with Crippen LogP contribution >= 0.6 is 22.7 Å². The van der Waals surface area contributed by atoms with Gasteiger partial charge in [0.1, 0.15) is 0 Å². The molecular formula is C11H15N5S2. The molecule has 1 aliphatic rings. The quantitative estimate of drug-likeness (QED) is 0.921. The molecule has 3 heterocycles. The molecule has 0 bridgehead atoms. The van der Waals surface area contributed by atoms with Crippen LogP contribution in [0.25, 0.3) is 0 Å². The van der Waals surface area contributed by atoms with Crippen LogP contribution in [-0.4, -0.2) is 36.1 Å². The van der Waals surface area contributed by atoms with Crippen LogP contribution < -0.4 is 15.5 Å². The maximum absolute atomic E-state index is 5.62. The average molecular weight is 281 g/mol. The van der Waals surface area contributed by atoms with Gasteiger partial charge in [0.05, 0.1) is 0 Å². The second-order valence-corrected chi connectivity index (χ2v) is 6.07. The fourth-order valence-electron chi connectivity index (χ4n) is 2.00. The maximum atomic E-state index is 5.62. The van der Waals surface area contributed by atoms with Crippen molar-refractivity contribution >= 4 is 32.9 Å². The van der Waals surface area contributed by atoms with Gasteiger partial charge >= 0.3 is 0 Å². The number of nitrogens with two attached hydrogens (primary N) is 1. The molecule has 2 aromatic rings. The van der Waals surface area contributed by atoms with E-state index in [0.717, 1.165) is 41.3 Å². The summed E-state index contributed by atoms with van der Waals surface area (Å²) in [6, 6.07) is 0. The largest absolute Gasteiger partial charge is 0.345 e. The molecule has 5 nitrogen and oxygen atoms in total.